The van der Waals surface area contributed by atoms with Crippen molar-refractivity contribution in [3.63, 3.8) is 0 Å². The minimum Gasteiger partial charge on any atom is -0.494 e. The SMILES string of the molecule is O=C(CCCCCCCO)N[C@H](CN1CCCC1)[C@H](O)c1ccc(OCCCCF)cc1. The average Bonchev–Trinajstić information content (AvgIpc) is 3.32. The molecule has 1 aliphatic rings. The third-order valence-electron chi connectivity index (χ3n) is 5.96. The van der Waals surface area contributed by atoms with E-state index >= 15 is 0 Å². The van der Waals surface area contributed by atoms with Crippen LogP contribution in [0.2, 0.25) is 0 Å². The lowest BCUT2D eigenvalue weighted by molar-refractivity contribution is -0.123. The molecule has 7 heteroatoms. The Morgan fingerprint density at radius 2 is 1.72 bits per heavy atom. The summed E-state index contributed by atoms with van der Waals surface area (Å²) in [7, 11) is 0. The molecule has 3 N–H and O–H groups in total. The molecule has 0 unspecified atom stereocenters. The molecule has 1 aliphatic heterocycles. The van der Waals surface area contributed by atoms with Crippen LogP contribution in [-0.4, -0.2) is 66.6 Å². The minimum atomic E-state index is -0.801. The monoisotopic (exact) mass is 452 g/mol. The molecule has 2 rings (SSSR count). The van der Waals surface area contributed by atoms with Gasteiger partial charge in [-0.15, -0.1) is 0 Å². The number of halogens is 1. The molecule has 0 bridgehead atoms. The number of carbonyl (C=O) groups excluding carboxylic acids is 1. The molecule has 0 aliphatic carbocycles. The van der Waals surface area contributed by atoms with Gasteiger partial charge in [0.15, 0.2) is 0 Å². The van der Waals surface area contributed by atoms with Gasteiger partial charge < -0.3 is 25.2 Å². The highest BCUT2D eigenvalue weighted by Gasteiger charge is 2.26. The van der Waals surface area contributed by atoms with Gasteiger partial charge in [-0.2, -0.15) is 0 Å². The first-order chi connectivity index (χ1) is 15.6. The summed E-state index contributed by atoms with van der Waals surface area (Å²) in [5.41, 5.74) is 0.745. The Hall–Kier alpha value is -1.70. The highest BCUT2D eigenvalue weighted by molar-refractivity contribution is 5.76. The number of hydrogen-bond donors (Lipinski definition) is 3. The summed E-state index contributed by atoms with van der Waals surface area (Å²) >= 11 is 0. The van der Waals surface area contributed by atoms with Gasteiger partial charge in [0.05, 0.1) is 19.3 Å². The molecule has 1 aromatic rings. The van der Waals surface area contributed by atoms with E-state index in [9.17, 15) is 14.3 Å². The van der Waals surface area contributed by atoms with Crippen LogP contribution in [0.15, 0.2) is 24.3 Å². The number of unbranched alkanes of at least 4 members (excludes halogenated alkanes) is 5. The number of hydrogen-bond acceptors (Lipinski definition) is 5. The first-order valence-corrected chi connectivity index (χ1v) is 12.2. The molecule has 182 valence electrons. The second-order valence-corrected chi connectivity index (χ2v) is 8.68. The van der Waals surface area contributed by atoms with E-state index in [0.717, 1.165) is 63.6 Å². The predicted molar refractivity (Wildman–Crippen MR) is 124 cm³/mol. The number of aliphatic hydroxyl groups is 2. The number of benzene rings is 1. The molecular formula is C25H41FN2O4. The van der Waals surface area contributed by atoms with Crippen molar-refractivity contribution in [1.29, 1.82) is 0 Å². The van der Waals surface area contributed by atoms with Crippen LogP contribution in [0.25, 0.3) is 0 Å². The number of likely N-dealkylation sites (tertiary alicyclic amines) is 1. The van der Waals surface area contributed by atoms with Gasteiger partial charge >= 0.3 is 0 Å². The van der Waals surface area contributed by atoms with Crippen molar-refractivity contribution in [3.05, 3.63) is 29.8 Å². The van der Waals surface area contributed by atoms with E-state index in [1.54, 1.807) is 0 Å². The molecule has 1 fully saturated rings. The van der Waals surface area contributed by atoms with E-state index in [4.69, 9.17) is 9.84 Å². The molecule has 0 aromatic heterocycles. The van der Waals surface area contributed by atoms with E-state index in [1.165, 1.54) is 0 Å². The molecule has 0 saturated carbocycles. The van der Waals surface area contributed by atoms with Crippen LogP contribution in [0.4, 0.5) is 4.39 Å². The largest absolute Gasteiger partial charge is 0.494 e. The second-order valence-electron chi connectivity index (χ2n) is 8.68. The topological polar surface area (TPSA) is 82.0 Å². The standard InChI is InChI=1S/C25H41FN2O4/c26-15-5-9-19-32-22-13-11-21(12-14-22)25(31)23(20-28-16-6-7-17-28)27-24(30)10-4-2-1-3-8-18-29/h11-14,23,25,29,31H,1-10,15-20H2,(H,27,30)/t23-,25-/m1/s1. The van der Waals surface area contributed by atoms with Gasteiger partial charge in [0.25, 0.3) is 0 Å². The van der Waals surface area contributed by atoms with Gasteiger partial charge in [0.2, 0.25) is 5.91 Å². The van der Waals surface area contributed by atoms with Gasteiger partial charge in [-0.1, -0.05) is 31.4 Å². The lowest BCUT2D eigenvalue weighted by Crippen LogP contribution is -2.46. The number of carbonyl (C=O) groups is 1. The van der Waals surface area contributed by atoms with Crippen LogP contribution in [-0.2, 0) is 4.79 Å². The van der Waals surface area contributed by atoms with Crippen molar-refractivity contribution < 1.29 is 24.1 Å². The second kappa shape index (κ2) is 16.0. The summed E-state index contributed by atoms with van der Waals surface area (Å²) in [4.78, 5) is 14.8. The Kier molecular flexibility index (Phi) is 13.3. The molecular weight excluding hydrogens is 411 g/mol. The van der Waals surface area contributed by atoms with Crippen LogP contribution < -0.4 is 10.1 Å². The number of nitrogens with one attached hydrogen (secondary N) is 1. The van der Waals surface area contributed by atoms with Crippen molar-refractivity contribution in [3.8, 4) is 5.75 Å². The maximum absolute atomic E-state index is 12.6. The molecule has 0 radical (unpaired) electrons. The fourth-order valence-corrected chi connectivity index (χ4v) is 4.05. The van der Waals surface area contributed by atoms with Gasteiger partial charge in [0.1, 0.15) is 11.9 Å². The van der Waals surface area contributed by atoms with E-state index in [-0.39, 0.29) is 25.2 Å². The van der Waals surface area contributed by atoms with Crippen LogP contribution in [0.5, 0.6) is 5.75 Å². The number of aliphatic hydroxyl groups excluding tert-OH is 2. The number of rotatable bonds is 17. The Balaban J connectivity index is 1.88. The molecule has 1 heterocycles. The van der Waals surface area contributed by atoms with E-state index < -0.39 is 6.10 Å². The fourth-order valence-electron chi connectivity index (χ4n) is 4.05. The summed E-state index contributed by atoms with van der Waals surface area (Å²) in [6, 6.07) is 6.93. The van der Waals surface area contributed by atoms with Crippen molar-refractivity contribution in [2.24, 2.45) is 0 Å². The molecule has 0 spiro atoms. The van der Waals surface area contributed by atoms with Gasteiger partial charge in [-0.3, -0.25) is 9.18 Å². The summed E-state index contributed by atoms with van der Waals surface area (Å²) in [5.74, 6) is 0.671. The lowest BCUT2D eigenvalue weighted by Gasteiger charge is -2.29. The third kappa shape index (κ3) is 10.3. The molecule has 32 heavy (non-hydrogen) atoms. The van der Waals surface area contributed by atoms with Crippen LogP contribution in [0.1, 0.15) is 75.9 Å². The highest BCUT2D eigenvalue weighted by atomic mass is 19.1. The normalized spacial score (nSPS) is 16.1. The Labute approximate surface area is 192 Å². The van der Waals surface area contributed by atoms with Crippen LogP contribution >= 0.6 is 0 Å². The lowest BCUT2D eigenvalue weighted by atomic mass is 10.0. The van der Waals surface area contributed by atoms with Crippen molar-refractivity contribution in [2.75, 3.05) is 39.5 Å². The zero-order valence-electron chi connectivity index (χ0n) is 19.3. The summed E-state index contributed by atoms with van der Waals surface area (Å²) in [6.45, 7) is 2.99. The molecule has 1 amide bonds. The summed E-state index contributed by atoms with van der Waals surface area (Å²) < 4.78 is 17.8. The number of amides is 1. The van der Waals surface area contributed by atoms with Gasteiger partial charge in [-0.25, -0.2) is 0 Å². The third-order valence-corrected chi connectivity index (χ3v) is 5.96. The first kappa shape index (κ1) is 26.6. The first-order valence-electron chi connectivity index (χ1n) is 12.2. The van der Waals surface area contributed by atoms with Gasteiger partial charge in [0, 0.05) is 19.6 Å². The Morgan fingerprint density at radius 1 is 1.03 bits per heavy atom. The number of nitrogens with zero attached hydrogens (tertiary/aromatic N) is 1. The van der Waals surface area contributed by atoms with Crippen molar-refractivity contribution in [1.82, 2.24) is 10.2 Å². The predicted octanol–water partition coefficient (Wildman–Crippen LogP) is 3.76. The highest BCUT2D eigenvalue weighted by Crippen LogP contribution is 2.23. The van der Waals surface area contributed by atoms with E-state index in [1.807, 2.05) is 24.3 Å². The average molecular weight is 453 g/mol. The molecule has 1 aromatic carbocycles. The van der Waals surface area contributed by atoms with Crippen molar-refractivity contribution in [2.45, 2.75) is 76.4 Å². The summed E-state index contributed by atoms with van der Waals surface area (Å²) in [5, 5.41) is 23.0. The van der Waals surface area contributed by atoms with Crippen LogP contribution in [0.3, 0.4) is 0 Å². The van der Waals surface area contributed by atoms with Crippen molar-refractivity contribution >= 4 is 5.91 Å². The Bertz CT molecular complexity index is 623. The fraction of sp³-hybridized carbons (Fsp3) is 0.720. The Morgan fingerprint density at radius 3 is 2.41 bits per heavy atom. The smallest absolute Gasteiger partial charge is 0.220 e. The maximum atomic E-state index is 12.6. The van der Waals surface area contributed by atoms with Gasteiger partial charge in [-0.05, 0) is 69.3 Å². The zero-order valence-corrected chi connectivity index (χ0v) is 19.3. The molecule has 2 atom stereocenters. The minimum absolute atomic E-state index is 0.0248. The summed E-state index contributed by atoms with van der Waals surface area (Å²) in [6.07, 6.45) is 7.75. The maximum Gasteiger partial charge on any atom is 0.220 e. The quantitative estimate of drug-likeness (QED) is 0.314. The zero-order chi connectivity index (χ0) is 23.0. The van der Waals surface area contributed by atoms with Crippen LogP contribution in [0, 0.1) is 0 Å². The number of ether oxygens (including phenoxy) is 1. The molecule has 1 saturated heterocycles. The van der Waals surface area contributed by atoms with E-state index in [2.05, 4.69) is 10.2 Å². The van der Waals surface area contributed by atoms with E-state index in [0.29, 0.717) is 38.2 Å². The molecule has 6 nitrogen and oxygen atoms in total. The number of alkyl halides is 1.